The minimum Gasteiger partial charge on any atom is -0.467 e. The van der Waals surface area contributed by atoms with Gasteiger partial charge in [0.25, 0.3) is 0 Å². The van der Waals surface area contributed by atoms with Crippen LogP contribution < -0.4 is 10.5 Å². The molecule has 6 N–H and O–H groups in total. The molecule has 0 aliphatic carbocycles. The van der Waals surface area contributed by atoms with Gasteiger partial charge in [-0.2, -0.15) is 0 Å². The smallest absolute Gasteiger partial charge is 0.199 e. The van der Waals surface area contributed by atoms with Crippen molar-refractivity contribution in [2.75, 3.05) is 12.3 Å². The van der Waals surface area contributed by atoms with E-state index in [0.717, 1.165) is 16.6 Å². The summed E-state index contributed by atoms with van der Waals surface area (Å²) in [6.45, 7) is -0.534. The molecule has 0 unspecified atom stereocenters. The largest absolute Gasteiger partial charge is 0.467 e. The Morgan fingerprint density at radius 2 is 1.71 bits per heavy atom. The van der Waals surface area contributed by atoms with Gasteiger partial charge in [0.2, 0.25) is 0 Å². The van der Waals surface area contributed by atoms with Gasteiger partial charge in [-0.1, -0.05) is 18.2 Å². The fourth-order valence-corrected chi connectivity index (χ4v) is 3.44. The third-order valence-electron chi connectivity index (χ3n) is 4.93. The third-order valence-corrected chi connectivity index (χ3v) is 4.93. The maximum atomic E-state index is 10.4. The fraction of sp³-hybridized carbons (Fsp3) is 0.300. The van der Waals surface area contributed by atoms with Crippen molar-refractivity contribution in [1.29, 1.82) is 0 Å². The van der Waals surface area contributed by atoms with E-state index in [0.29, 0.717) is 11.6 Å². The van der Waals surface area contributed by atoms with Crippen LogP contribution in [0.5, 0.6) is 5.88 Å². The Labute approximate surface area is 161 Å². The zero-order valence-corrected chi connectivity index (χ0v) is 14.9. The van der Waals surface area contributed by atoms with Crippen LogP contribution in [0.15, 0.2) is 54.6 Å². The predicted octanol–water partition coefficient (Wildman–Crippen LogP) is 0.391. The number of anilines is 1. The fourth-order valence-electron chi connectivity index (χ4n) is 3.44. The molecule has 1 aliphatic heterocycles. The molecule has 0 saturated carbocycles. The van der Waals surface area contributed by atoms with Gasteiger partial charge < -0.3 is 35.6 Å². The van der Waals surface area contributed by atoms with E-state index in [9.17, 15) is 20.4 Å². The maximum Gasteiger partial charge on any atom is 0.199 e. The minimum atomic E-state index is -1.52. The molecule has 2 heterocycles. The summed E-state index contributed by atoms with van der Waals surface area (Å²) in [7, 11) is 0. The van der Waals surface area contributed by atoms with Gasteiger partial charge in [0.1, 0.15) is 18.3 Å². The van der Waals surface area contributed by atoms with Crippen LogP contribution in [0, 0.1) is 0 Å². The average Bonchev–Trinajstić information content (AvgIpc) is 3.06. The van der Waals surface area contributed by atoms with Crippen LogP contribution in [0.3, 0.4) is 0 Å². The number of fused-ring (bicyclic) bond motifs is 1. The molecule has 8 heteroatoms. The van der Waals surface area contributed by atoms with E-state index in [1.54, 1.807) is 18.2 Å². The number of nitrogens with zero attached hydrogens (tertiary/aromatic N) is 1. The SMILES string of the molecule is Nc1ccc(-n2c(O[C@H]3[C@@H](O)[C@H](O)[C@@H](CO)O[C@@H]3O)cc3ccccc32)cc1. The molecule has 0 bridgehead atoms. The van der Waals surface area contributed by atoms with Crippen molar-refractivity contribution in [3.05, 3.63) is 54.6 Å². The van der Waals surface area contributed by atoms with Gasteiger partial charge >= 0.3 is 0 Å². The Kier molecular flexibility index (Phi) is 4.96. The molecule has 0 amide bonds. The lowest BCUT2D eigenvalue weighted by molar-refractivity contribution is -0.281. The molecule has 0 spiro atoms. The summed E-state index contributed by atoms with van der Waals surface area (Å²) in [5.41, 5.74) is 8.04. The van der Waals surface area contributed by atoms with Crippen molar-refractivity contribution in [2.45, 2.75) is 30.7 Å². The van der Waals surface area contributed by atoms with Crippen molar-refractivity contribution < 1.29 is 29.9 Å². The number of rotatable bonds is 4. The highest BCUT2D eigenvalue weighted by Crippen LogP contribution is 2.32. The number of benzene rings is 2. The summed E-state index contributed by atoms with van der Waals surface area (Å²) in [4.78, 5) is 0. The Hall–Kier alpha value is -2.62. The van der Waals surface area contributed by atoms with Crippen molar-refractivity contribution in [2.24, 2.45) is 0 Å². The van der Waals surface area contributed by atoms with E-state index in [2.05, 4.69) is 0 Å². The molecule has 0 radical (unpaired) electrons. The lowest BCUT2D eigenvalue weighted by Crippen LogP contribution is -2.60. The minimum absolute atomic E-state index is 0.354. The van der Waals surface area contributed by atoms with E-state index in [4.69, 9.17) is 15.2 Å². The van der Waals surface area contributed by atoms with E-state index < -0.39 is 37.3 Å². The van der Waals surface area contributed by atoms with E-state index in [1.807, 2.05) is 41.0 Å². The quantitative estimate of drug-likeness (QED) is 0.410. The number of nitrogens with two attached hydrogens (primary N) is 1. The second-order valence-corrected chi connectivity index (χ2v) is 6.78. The van der Waals surface area contributed by atoms with Crippen LogP contribution in [0.1, 0.15) is 0 Å². The van der Waals surface area contributed by atoms with Crippen molar-refractivity contribution in [3.8, 4) is 11.6 Å². The number of hydrogen-bond donors (Lipinski definition) is 5. The molecule has 1 aromatic heterocycles. The zero-order valence-electron chi connectivity index (χ0n) is 14.9. The second-order valence-electron chi connectivity index (χ2n) is 6.78. The average molecular weight is 386 g/mol. The molecule has 28 heavy (non-hydrogen) atoms. The van der Waals surface area contributed by atoms with Crippen LogP contribution in [-0.2, 0) is 4.74 Å². The number of nitrogen functional groups attached to an aromatic ring is 1. The number of aliphatic hydroxyl groups is 4. The van der Waals surface area contributed by atoms with Crippen LogP contribution in [-0.4, -0.2) is 62.3 Å². The molecule has 5 atom stereocenters. The summed E-state index contributed by atoms with van der Waals surface area (Å²) < 4.78 is 12.9. The van der Waals surface area contributed by atoms with Gasteiger partial charge in [0.05, 0.1) is 12.1 Å². The highest BCUT2D eigenvalue weighted by molar-refractivity contribution is 5.84. The Morgan fingerprint density at radius 3 is 2.43 bits per heavy atom. The standard InChI is InChI=1S/C20H22N2O6/c21-12-5-7-13(8-6-12)22-14-4-2-1-3-11(14)9-16(22)28-19-18(25)17(24)15(10-23)27-20(19)26/h1-9,15,17-20,23-26H,10,21H2/t15-,17-,18+,19+,20+/m1/s1. The Balaban J connectivity index is 1.75. The highest BCUT2D eigenvalue weighted by Gasteiger charge is 2.45. The molecule has 2 aromatic carbocycles. The molecule has 3 aromatic rings. The number of hydrogen-bond acceptors (Lipinski definition) is 7. The second kappa shape index (κ2) is 7.42. The van der Waals surface area contributed by atoms with Crippen LogP contribution in [0.2, 0.25) is 0 Å². The first kappa shape index (κ1) is 18.7. The maximum absolute atomic E-state index is 10.4. The van der Waals surface area contributed by atoms with Crippen LogP contribution in [0.25, 0.3) is 16.6 Å². The first-order valence-corrected chi connectivity index (χ1v) is 8.93. The monoisotopic (exact) mass is 386 g/mol. The number of aliphatic hydroxyl groups excluding tert-OH is 4. The molecule has 1 aliphatic rings. The van der Waals surface area contributed by atoms with Crippen molar-refractivity contribution >= 4 is 16.6 Å². The summed E-state index contributed by atoms with van der Waals surface area (Å²) >= 11 is 0. The summed E-state index contributed by atoms with van der Waals surface area (Å²) in [6.07, 6.45) is -6.69. The van der Waals surface area contributed by atoms with Gasteiger partial charge in [0, 0.05) is 22.8 Å². The molecular weight excluding hydrogens is 364 g/mol. The third kappa shape index (κ3) is 3.21. The van der Waals surface area contributed by atoms with E-state index in [1.165, 1.54) is 0 Å². The van der Waals surface area contributed by atoms with Gasteiger partial charge in [0.15, 0.2) is 18.3 Å². The lowest BCUT2D eigenvalue weighted by Gasteiger charge is -2.39. The van der Waals surface area contributed by atoms with E-state index >= 15 is 0 Å². The van der Waals surface area contributed by atoms with Gasteiger partial charge in [-0.05, 0) is 30.3 Å². The van der Waals surface area contributed by atoms with Gasteiger partial charge in [-0.15, -0.1) is 0 Å². The Morgan fingerprint density at radius 1 is 1.00 bits per heavy atom. The van der Waals surface area contributed by atoms with Crippen molar-refractivity contribution in [3.63, 3.8) is 0 Å². The predicted molar refractivity (Wildman–Crippen MR) is 102 cm³/mol. The zero-order chi connectivity index (χ0) is 19.8. The topological polar surface area (TPSA) is 130 Å². The normalized spacial score (nSPS) is 27.8. The van der Waals surface area contributed by atoms with E-state index in [-0.39, 0.29) is 0 Å². The number of aromatic nitrogens is 1. The molecular formula is C20H22N2O6. The molecule has 8 nitrogen and oxygen atoms in total. The summed E-state index contributed by atoms with van der Waals surface area (Å²) in [6, 6.07) is 16.6. The molecule has 1 fully saturated rings. The summed E-state index contributed by atoms with van der Waals surface area (Å²) in [5.74, 6) is 0.354. The first-order valence-electron chi connectivity index (χ1n) is 8.93. The van der Waals surface area contributed by atoms with Gasteiger partial charge in [-0.3, -0.25) is 4.57 Å². The lowest BCUT2D eigenvalue weighted by atomic mass is 9.99. The van der Waals surface area contributed by atoms with Crippen molar-refractivity contribution in [1.82, 2.24) is 4.57 Å². The first-order chi connectivity index (χ1) is 13.5. The molecule has 4 rings (SSSR count). The van der Waals surface area contributed by atoms with Crippen LogP contribution >= 0.6 is 0 Å². The van der Waals surface area contributed by atoms with Crippen LogP contribution in [0.4, 0.5) is 5.69 Å². The molecule has 1 saturated heterocycles. The summed E-state index contributed by atoms with van der Waals surface area (Å²) in [5, 5.41) is 40.9. The molecule has 148 valence electrons. The number of para-hydroxylation sites is 1. The highest BCUT2D eigenvalue weighted by atomic mass is 16.7. The number of ether oxygens (including phenoxy) is 2. The van der Waals surface area contributed by atoms with Gasteiger partial charge in [-0.25, -0.2) is 0 Å². The Bertz CT molecular complexity index is 957.